The molecular weight excluding hydrogens is 420 g/mol. The number of hydrogen-bond donors (Lipinski definition) is 0. The minimum absolute atomic E-state index is 0.0219. The van der Waals surface area contributed by atoms with Crippen LogP contribution in [0.25, 0.3) is 0 Å². The summed E-state index contributed by atoms with van der Waals surface area (Å²) in [5.74, 6) is -0.534. The highest BCUT2D eigenvalue weighted by atomic mass is 35.5. The van der Waals surface area contributed by atoms with E-state index in [1.54, 1.807) is 54.6 Å². The summed E-state index contributed by atoms with van der Waals surface area (Å²) in [5, 5.41) is 2.15. The van der Waals surface area contributed by atoms with Crippen LogP contribution in [0.2, 0.25) is 5.02 Å². The Balaban J connectivity index is 1.94. The van der Waals surface area contributed by atoms with Gasteiger partial charge in [0.1, 0.15) is 5.82 Å². The summed E-state index contributed by atoms with van der Waals surface area (Å²) in [6, 6.07) is 12.4. The van der Waals surface area contributed by atoms with Crippen molar-refractivity contribution < 1.29 is 12.8 Å². The molecule has 0 saturated heterocycles. The Hall–Kier alpha value is -2.08. The Morgan fingerprint density at radius 3 is 2.64 bits per heavy atom. The highest BCUT2D eigenvalue weighted by Crippen LogP contribution is 2.26. The fourth-order valence-corrected chi connectivity index (χ4v) is 4.55. The Kier molecular flexibility index (Phi) is 6.60. The van der Waals surface area contributed by atoms with Crippen molar-refractivity contribution in [3.63, 3.8) is 0 Å². The van der Waals surface area contributed by atoms with Gasteiger partial charge in [0.2, 0.25) is 0 Å². The molecule has 0 saturated carbocycles. The predicted molar refractivity (Wildman–Crippen MR) is 113 cm³/mol. The second-order valence-corrected chi connectivity index (χ2v) is 8.96. The number of allylic oxidation sites excluding steroid dienone is 5. The van der Waals surface area contributed by atoms with E-state index in [-0.39, 0.29) is 12.5 Å². The van der Waals surface area contributed by atoms with E-state index < -0.39 is 15.8 Å². The predicted octanol–water partition coefficient (Wildman–Crippen LogP) is 6.03. The van der Waals surface area contributed by atoms with Gasteiger partial charge in [-0.15, -0.1) is 0 Å². The molecule has 0 heterocycles. The first kappa shape index (κ1) is 20.6. The summed E-state index contributed by atoms with van der Waals surface area (Å²) in [5.41, 5.74) is 0.930. The van der Waals surface area contributed by atoms with Gasteiger partial charge in [-0.3, -0.25) is 4.31 Å². The standard InChI is InChI=1S/C21H18Cl2FNO2S/c22-18-6-1-4-16(12-18)10-11-28(26,27)25(21-9-3-7-19(23)14-21)15-17-5-2-8-20(24)13-17/h1-3,5-14,16H,4,15H2. The first-order valence-corrected chi connectivity index (χ1v) is 10.8. The molecule has 146 valence electrons. The van der Waals surface area contributed by atoms with Crippen molar-refractivity contribution >= 4 is 38.9 Å². The molecule has 0 amide bonds. The molecule has 2 aromatic carbocycles. The van der Waals surface area contributed by atoms with Gasteiger partial charge in [-0.25, -0.2) is 12.8 Å². The first-order valence-electron chi connectivity index (χ1n) is 8.58. The van der Waals surface area contributed by atoms with Crippen LogP contribution >= 0.6 is 23.2 Å². The van der Waals surface area contributed by atoms with Gasteiger partial charge < -0.3 is 0 Å². The van der Waals surface area contributed by atoms with E-state index in [4.69, 9.17) is 23.2 Å². The summed E-state index contributed by atoms with van der Waals surface area (Å²) >= 11 is 12.0. The molecule has 0 bridgehead atoms. The van der Waals surface area contributed by atoms with Gasteiger partial charge in [0.15, 0.2) is 0 Å². The molecule has 3 nitrogen and oxygen atoms in total. The van der Waals surface area contributed by atoms with Crippen LogP contribution in [-0.2, 0) is 16.6 Å². The minimum Gasteiger partial charge on any atom is -0.262 e. The average molecular weight is 438 g/mol. The van der Waals surface area contributed by atoms with E-state index in [0.717, 1.165) is 5.41 Å². The van der Waals surface area contributed by atoms with Crippen LogP contribution in [0.15, 0.2) is 83.3 Å². The maximum Gasteiger partial charge on any atom is 0.257 e. The van der Waals surface area contributed by atoms with E-state index in [9.17, 15) is 12.8 Å². The van der Waals surface area contributed by atoms with Gasteiger partial charge in [0.25, 0.3) is 10.0 Å². The van der Waals surface area contributed by atoms with Gasteiger partial charge >= 0.3 is 0 Å². The van der Waals surface area contributed by atoms with Crippen LogP contribution in [0.3, 0.4) is 0 Å². The molecule has 0 N–H and O–H groups in total. The quantitative estimate of drug-likeness (QED) is 0.553. The number of hydrogen-bond acceptors (Lipinski definition) is 2. The van der Waals surface area contributed by atoms with Crippen LogP contribution in [0.5, 0.6) is 0 Å². The Labute approximate surface area is 174 Å². The molecule has 0 aromatic heterocycles. The number of nitrogens with zero attached hydrogens (tertiary/aromatic N) is 1. The van der Waals surface area contributed by atoms with Gasteiger partial charge in [-0.05, 0) is 48.4 Å². The third kappa shape index (κ3) is 5.47. The molecule has 1 atom stereocenters. The van der Waals surface area contributed by atoms with E-state index in [1.807, 2.05) is 6.08 Å². The zero-order valence-corrected chi connectivity index (χ0v) is 17.1. The van der Waals surface area contributed by atoms with E-state index in [0.29, 0.717) is 27.7 Å². The summed E-state index contributed by atoms with van der Waals surface area (Å²) < 4.78 is 41.0. The zero-order valence-electron chi connectivity index (χ0n) is 14.8. The summed E-state index contributed by atoms with van der Waals surface area (Å²) in [6.45, 7) is -0.0219. The van der Waals surface area contributed by atoms with E-state index in [1.165, 1.54) is 16.4 Å². The number of rotatable bonds is 6. The molecule has 7 heteroatoms. The van der Waals surface area contributed by atoms with Crippen molar-refractivity contribution in [2.45, 2.75) is 13.0 Å². The fourth-order valence-electron chi connectivity index (χ4n) is 2.83. The highest BCUT2D eigenvalue weighted by molar-refractivity contribution is 7.95. The largest absolute Gasteiger partial charge is 0.262 e. The van der Waals surface area contributed by atoms with Crippen molar-refractivity contribution in [1.29, 1.82) is 0 Å². The van der Waals surface area contributed by atoms with E-state index >= 15 is 0 Å². The Morgan fingerprint density at radius 2 is 1.93 bits per heavy atom. The molecule has 0 fully saturated rings. The average Bonchev–Trinajstić information content (AvgIpc) is 2.65. The molecule has 1 aliphatic rings. The van der Waals surface area contributed by atoms with Crippen LogP contribution in [-0.4, -0.2) is 8.42 Å². The van der Waals surface area contributed by atoms with Crippen LogP contribution < -0.4 is 4.31 Å². The minimum atomic E-state index is -3.84. The summed E-state index contributed by atoms with van der Waals surface area (Å²) in [6.07, 6.45) is 7.74. The van der Waals surface area contributed by atoms with Crippen molar-refractivity contribution in [3.8, 4) is 0 Å². The Morgan fingerprint density at radius 1 is 1.14 bits per heavy atom. The van der Waals surface area contributed by atoms with Gasteiger partial charge in [-0.2, -0.15) is 0 Å². The first-order chi connectivity index (χ1) is 13.3. The van der Waals surface area contributed by atoms with Crippen LogP contribution in [0.4, 0.5) is 10.1 Å². The van der Waals surface area contributed by atoms with Gasteiger partial charge in [0.05, 0.1) is 12.2 Å². The topological polar surface area (TPSA) is 37.4 Å². The molecule has 0 aliphatic heterocycles. The van der Waals surface area contributed by atoms with Gasteiger partial charge in [-0.1, -0.05) is 59.6 Å². The SMILES string of the molecule is O=S(=O)(C=CC1C=C(Cl)C=CC1)N(Cc1cccc(F)c1)c1cccc(Cl)c1. The van der Waals surface area contributed by atoms with Gasteiger partial charge in [0, 0.05) is 21.4 Å². The monoisotopic (exact) mass is 437 g/mol. The molecule has 1 aliphatic carbocycles. The zero-order chi connectivity index (χ0) is 20.1. The maximum atomic E-state index is 13.6. The van der Waals surface area contributed by atoms with Crippen molar-refractivity contribution in [3.05, 3.63) is 99.7 Å². The fraction of sp³-hybridized carbons (Fsp3) is 0.143. The maximum absolute atomic E-state index is 13.6. The smallest absolute Gasteiger partial charge is 0.257 e. The number of benzene rings is 2. The lowest BCUT2D eigenvalue weighted by atomic mass is 10.0. The third-order valence-electron chi connectivity index (χ3n) is 4.17. The second kappa shape index (κ2) is 8.95. The lowest BCUT2D eigenvalue weighted by molar-refractivity contribution is 0.597. The summed E-state index contributed by atoms with van der Waals surface area (Å²) in [7, 11) is -3.84. The number of anilines is 1. The third-order valence-corrected chi connectivity index (χ3v) is 6.12. The number of halogens is 3. The van der Waals surface area contributed by atoms with Crippen LogP contribution in [0, 0.1) is 11.7 Å². The van der Waals surface area contributed by atoms with Crippen molar-refractivity contribution in [2.75, 3.05) is 4.31 Å². The van der Waals surface area contributed by atoms with Crippen molar-refractivity contribution in [2.24, 2.45) is 5.92 Å². The Bertz CT molecular complexity index is 1050. The molecule has 2 aromatic rings. The normalized spacial score (nSPS) is 17.0. The molecular formula is C21H18Cl2FNO2S. The number of sulfonamides is 1. The highest BCUT2D eigenvalue weighted by Gasteiger charge is 2.21. The molecule has 1 unspecified atom stereocenters. The summed E-state index contributed by atoms with van der Waals surface area (Å²) in [4.78, 5) is 0. The second-order valence-electron chi connectivity index (χ2n) is 6.34. The van der Waals surface area contributed by atoms with Crippen LogP contribution in [0.1, 0.15) is 12.0 Å². The molecule has 0 radical (unpaired) electrons. The lowest BCUT2D eigenvalue weighted by Crippen LogP contribution is -2.29. The molecule has 0 spiro atoms. The lowest BCUT2D eigenvalue weighted by Gasteiger charge is -2.23. The van der Waals surface area contributed by atoms with E-state index in [2.05, 4.69) is 0 Å². The molecule has 3 rings (SSSR count). The van der Waals surface area contributed by atoms with Crippen molar-refractivity contribution in [1.82, 2.24) is 0 Å². The molecule has 28 heavy (non-hydrogen) atoms.